The van der Waals surface area contributed by atoms with Gasteiger partial charge in [-0.25, -0.2) is 0 Å². The molecule has 2 heterocycles. The molecule has 5 heteroatoms. The maximum atomic E-state index is 12.5. The molecule has 1 aliphatic heterocycles. The third kappa shape index (κ3) is 6.16. The summed E-state index contributed by atoms with van der Waals surface area (Å²) >= 11 is 0. The number of piperidine rings is 1. The number of amides is 1. The first-order valence-corrected chi connectivity index (χ1v) is 11.6. The van der Waals surface area contributed by atoms with Crippen molar-refractivity contribution in [1.82, 2.24) is 15.5 Å². The van der Waals surface area contributed by atoms with Crippen molar-refractivity contribution >= 4 is 11.7 Å². The first kappa shape index (κ1) is 22.0. The van der Waals surface area contributed by atoms with E-state index in [2.05, 4.69) is 62.9 Å². The highest BCUT2D eigenvalue weighted by Crippen LogP contribution is 2.24. The molecule has 166 valence electrons. The highest BCUT2D eigenvalue weighted by molar-refractivity contribution is 5.92. The minimum absolute atomic E-state index is 0.0767. The molecule has 0 bridgehead atoms. The second-order valence-electron chi connectivity index (χ2n) is 8.80. The molecule has 1 saturated heterocycles. The molecule has 32 heavy (non-hydrogen) atoms. The molecule has 3 aromatic rings. The van der Waals surface area contributed by atoms with Crippen LogP contribution in [0.15, 0.2) is 72.8 Å². The molecule has 1 amide bonds. The number of hydrogen-bond acceptors (Lipinski definition) is 4. The van der Waals surface area contributed by atoms with Gasteiger partial charge in [-0.2, -0.15) is 0 Å². The molecule has 2 aromatic carbocycles. The zero-order valence-electron chi connectivity index (χ0n) is 18.8. The van der Waals surface area contributed by atoms with Gasteiger partial charge < -0.3 is 10.2 Å². The number of carbonyl (C=O) groups is 1. The standard InChI is InChI=1S/C27H32N4O/c1-21(12-13-22-8-4-2-5-9-22)28-27(32)25-14-15-26(30-29-25)31-18-16-24(17-19-31)20-23-10-6-3-7-11-23/h2-11,14-15,21,24H,12-13,16-20H2,1H3,(H,28,32). The molecule has 1 aromatic heterocycles. The van der Waals surface area contributed by atoms with E-state index < -0.39 is 0 Å². The number of benzene rings is 2. The number of carbonyl (C=O) groups excluding carboxylic acids is 1. The van der Waals surface area contributed by atoms with Crippen LogP contribution in [0.25, 0.3) is 0 Å². The summed E-state index contributed by atoms with van der Waals surface area (Å²) in [6, 6.07) is 24.8. The zero-order valence-corrected chi connectivity index (χ0v) is 18.8. The normalized spacial score (nSPS) is 15.3. The topological polar surface area (TPSA) is 58.1 Å². The lowest BCUT2D eigenvalue weighted by molar-refractivity contribution is 0.0932. The van der Waals surface area contributed by atoms with Crippen LogP contribution in [0.5, 0.6) is 0 Å². The summed E-state index contributed by atoms with van der Waals surface area (Å²) in [7, 11) is 0. The lowest BCUT2D eigenvalue weighted by Crippen LogP contribution is -2.36. The second kappa shape index (κ2) is 10.9. The molecular formula is C27H32N4O. The smallest absolute Gasteiger partial charge is 0.272 e. The molecule has 1 atom stereocenters. The van der Waals surface area contributed by atoms with E-state index in [1.54, 1.807) is 6.07 Å². The Bertz CT molecular complexity index is 968. The largest absolute Gasteiger partial charge is 0.355 e. The third-order valence-corrected chi connectivity index (χ3v) is 6.28. The van der Waals surface area contributed by atoms with E-state index in [1.807, 2.05) is 31.2 Å². The highest BCUT2D eigenvalue weighted by atomic mass is 16.2. The van der Waals surface area contributed by atoms with Crippen molar-refractivity contribution in [3.63, 3.8) is 0 Å². The van der Waals surface area contributed by atoms with Crippen molar-refractivity contribution in [2.24, 2.45) is 5.92 Å². The zero-order chi connectivity index (χ0) is 22.2. The van der Waals surface area contributed by atoms with Gasteiger partial charge in [0, 0.05) is 19.1 Å². The molecule has 0 spiro atoms. The monoisotopic (exact) mass is 428 g/mol. The van der Waals surface area contributed by atoms with Crippen LogP contribution in [-0.2, 0) is 12.8 Å². The molecule has 5 nitrogen and oxygen atoms in total. The summed E-state index contributed by atoms with van der Waals surface area (Å²) in [5, 5.41) is 11.6. The summed E-state index contributed by atoms with van der Waals surface area (Å²) in [5.41, 5.74) is 3.07. The third-order valence-electron chi connectivity index (χ3n) is 6.28. The number of nitrogens with zero attached hydrogens (tertiary/aromatic N) is 3. The van der Waals surface area contributed by atoms with Crippen molar-refractivity contribution in [3.05, 3.63) is 89.6 Å². The molecule has 1 aliphatic rings. The average Bonchev–Trinajstić information content (AvgIpc) is 2.85. The second-order valence-corrected chi connectivity index (χ2v) is 8.80. The fraction of sp³-hybridized carbons (Fsp3) is 0.370. The molecule has 0 aliphatic carbocycles. The van der Waals surface area contributed by atoms with Gasteiger partial charge >= 0.3 is 0 Å². The van der Waals surface area contributed by atoms with Crippen LogP contribution in [0.2, 0.25) is 0 Å². The van der Waals surface area contributed by atoms with Crippen molar-refractivity contribution in [2.75, 3.05) is 18.0 Å². The van der Waals surface area contributed by atoms with Gasteiger partial charge in [0.05, 0.1) is 0 Å². The van der Waals surface area contributed by atoms with Crippen LogP contribution in [0.4, 0.5) is 5.82 Å². The summed E-state index contributed by atoms with van der Waals surface area (Å²) in [5.74, 6) is 1.41. The molecular weight excluding hydrogens is 396 g/mol. The van der Waals surface area contributed by atoms with E-state index in [0.29, 0.717) is 11.6 Å². The Kier molecular flexibility index (Phi) is 7.49. The highest BCUT2D eigenvalue weighted by Gasteiger charge is 2.21. The number of nitrogens with one attached hydrogen (secondary N) is 1. The fourth-order valence-corrected chi connectivity index (χ4v) is 4.33. The number of aromatic nitrogens is 2. The van der Waals surface area contributed by atoms with Crippen LogP contribution in [0.1, 0.15) is 47.8 Å². The minimum atomic E-state index is -0.161. The molecule has 1 unspecified atom stereocenters. The Balaban J connectivity index is 1.23. The Morgan fingerprint density at radius 1 is 0.938 bits per heavy atom. The first-order chi connectivity index (χ1) is 15.7. The van der Waals surface area contributed by atoms with Gasteiger partial charge in [-0.05, 0) is 68.2 Å². The lowest BCUT2D eigenvalue weighted by Gasteiger charge is -2.32. The average molecular weight is 429 g/mol. The predicted molar refractivity (Wildman–Crippen MR) is 129 cm³/mol. The van der Waals surface area contributed by atoms with Crippen LogP contribution >= 0.6 is 0 Å². The number of rotatable bonds is 8. The van der Waals surface area contributed by atoms with Crippen molar-refractivity contribution in [2.45, 2.75) is 45.1 Å². The van der Waals surface area contributed by atoms with Crippen LogP contribution in [-0.4, -0.2) is 35.2 Å². The van der Waals surface area contributed by atoms with E-state index in [0.717, 1.165) is 51.0 Å². The summed E-state index contributed by atoms with van der Waals surface area (Å²) < 4.78 is 0. The lowest BCUT2D eigenvalue weighted by atomic mass is 9.90. The van der Waals surface area contributed by atoms with Gasteiger partial charge in [0.15, 0.2) is 11.5 Å². The minimum Gasteiger partial charge on any atom is -0.355 e. The first-order valence-electron chi connectivity index (χ1n) is 11.6. The quantitative estimate of drug-likeness (QED) is 0.566. The Hall–Kier alpha value is -3.21. The molecule has 1 fully saturated rings. The SMILES string of the molecule is CC(CCc1ccccc1)NC(=O)c1ccc(N2CCC(Cc3ccccc3)CC2)nn1. The molecule has 0 saturated carbocycles. The van der Waals surface area contributed by atoms with Crippen molar-refractivity contribution in [1.29, 1.82) is 0 Å². The van der Waals surface area contributed by atoms with E-state index in [4.69, 9.17) is 0 Å². The van der Waals surface area contributed by atoms with E-state index in [1.165, 1.54) is 11.1 Å². The van der Waals surface area contributed by atoms with Gasteiger partial charge in [-0.3, -0.25) is 4.79 Å². The number of anilines is 1. The Labute approximate surface area is 190 Å². The number of hydrogen-bond donors (Lipinski definition) is 1. The summed E-state index contributed by atoms with van der Waals surface area (Å²) in [6.45, 7) is 3.99. The molecule has 0 radical (unpaired) electrons. The van der Waals surface area contributed by atoms with Crippen molar-refractivity contribution in [3.8, 4) is 0 Å². The van der Waals surface area contributed by atoms with Crippen molar-refractivity contribution < 1.29 is 4.79 Å². The van der Waals surface area contributed by atoms with Crippen LogP contribution in [0, 0.1) is 5.92 Å². The molecule has 4 rings (SSSR count). The van der Waals surface area contributed by atoms with E-state index in [9.17, 15) is 4.79 Å². The maximum Gasteiger partial charge on any atom is 0.272 e. The molecule has 1 N–H and O–H groups in total. The van der Waals surface area contributed by atoms with E-state index >= 15 is 0 Å². The predicted octanol–water partition coefficient (Wildman–Crippen LogP) is 4.69. The number of aryl methyl sites for hydroxylation is 1. The maximum absolute atomic E-state index is 12.5. The summed E-state index contributed by atoms with van der Waals surface area (Å²) in [6.07, 6.45) is 5.27. The van der Waals surface area contributed by atoms with Gasteiger partial charge in [-0.1, -0.05) is 60.7 Å². The Morgan fingerprint density at radius 3 is 2.22 bits per heavy atom. The van der Waals surface area contributed by atoms with Crippen LogP contribution in [0.3, 0.4) is 0 Å². The fourth-order valence-electron chi connectivity index (χ4n) is 4.33. The van der Waals surface area contributed by atoms with Crippen LogP contribution < -0.4 is 10.2 Å². The van der Waals surface area contributed by atoms with Gasteiger partial charge in [0.2, 0.25) is 0 Å². The van der Waals surface area contributed by atoms with Gasteiger partial charge in [0.25, 0.3) is 5.91 Å². The summed E-state index contributed by atoms with van der Waals surface area (Å²) in [4.78, 5) is 14.8. The Morgan fingerprint density at radius 2 is 1.59 bits per heavy atom. The van der Waals surface area contributed by atoms with Gasteiger partial charge in [0.1, 0.15) is 0 Å². The van der Waals surface area contributed by atoms with E-state index in [-0.39, 0.29) is 11.9 Å². The van der Waals surface area contributed by atoms with Gasteiger partial charge in [-0.15, -0.1) is 10.2 Å².